The molecule has 0 atom stereocenters. The van der Waals surface area contributed by atoms with Crippen LogP contribution in [0.15, 0.2) is 0 Å². The molecule has 0 aliphatic carbocycles. The maximum Gasteiger partial charge on any atom is 0.0541 e. The van der Waals surface area contributed by atoms with E-state index in [1.807, 2.05) is 6.92 Å². The van der Waals surface area contributed by atoms with Gasteiger partial charge in [-0.05, 0) is 25.7 Å². The van der Waals surface area contributed by atoms with Crippen molar-refractivity contribution in [3.05, 3.63) is 0 Å². The Kier molecular flexibility index (Phi) is 4.32. The molecule has 0 aromatic carbocycles. The standard InChI is InChI=1S/C7H18OS/c1-5-8-6-7-9(2,3)4/h5-7H2,1-4H3. The first-order valence-electron chi connectivity index (χ1n) is 3.30. The Morgan fingerprint density at radius 2 is 1.78 bits per heavy atom. The van der Waals surface area contributed by atoms with Gasteiger partial charge < -0.3 is 4.74 Å². The topological polar surface area (TPSA) is 9.23 Å². The van der Waals surface area contributed by atoms with E-state index in [-0.39, 0.29) is 10.0 Å². The first-order chi connectivity index (χ1) is 4.06. The molecule has 0 spiro atoms. The average molecular weight is 150 g/mol. The van der Waals surface area contributed by atoms with Crippen molar-refractivity contribution in [1.29, 1.82) is 0 Å². The first kappa shape index (κ1) is 9.31. The molecule has 0 aliphatic rings. The van der Waals surface area contributed by atoms with Gasteiger partial charge in [-0.1, -0.05) is 0 Å². The zero-order valence-corrected chi connectivity index (χ0v) is 7.75. The third-order valence-electron chi connectivity index (χ3n) is 1.04. The van der Waals surface area contributed by atoms with Crippen LogP contribution in [-0.4, -0.2) is 37.7 Å². The van der Waals surface area contributed by atoms with Crippen LogP contribution in [0.25, 0.3) is 0 Å². The van der Waals surface area contributed by atoms with E-state index in [4.69, 9.17) is 4.74 Å². The molecule has 2 heteroatoms. The smallest absolute Gasteiger partial charge is 0.0541 e. The van der Waals surface area contributed by atoms with Crippen LogP contribution in [0.2, 0.25) is 0 Å². The lowest BCUT2D eigenvalue weighted by Crippen LogP contribution is -2.06. The maximum absolute atomic E-state index is 5.23. The lowest BCUT2D eigenvalue weighted by Gasteiger charge is -2.24. The molecular formula is C7H18OS. The molecule has 0 saturated carbocycles. The summed E-state index contributed by atoms with van der Waals surface area (Å²) in [5, 5.41) is 0. The summed E-state index contributed by atoms with van der Waals surface area (Å²) in [5.41, 5.74) is 0. The van der Waals surface area contributed by atoms with Gasteiger partial charge in [-0.3, -0.25) is 0 Å². The summed E-state index contributed by atoms with van der Waals surface area (Å²) in [6.07, 6.45) is 6.93. The first-order valence-corrected chi connectivity index (χ1v) is 6.32. The van der Waals surface area contributed by atoms with Gasteiger partial charge in [-0.25, -0.2) is 10.0 Å². The Balaban J connectivity index is 3.07. The second-order valence-corrected chi connectivity index (χ2v) is 7.58. The highest BCUT2D eigenvalue weighted by atomic mass is 32.3. The Morgan fingerprint density at radius 3 is 2.11 bits per heavy atom. The molecule has 0 amide bonds. The summed E-state index contributed by atoms with van der Waals surface area (Å²) >= 11 is 0. The van der Waals surface area contributed by atoms with Crippen molar-refractivity contribution in [2.75, 3.05) is 37.7 Å². The number of ether oxygens (including phenoxy) is 1. The van der Waals surface area contributed by atoms with Gasteiger partial charge in [0, 0.05) is 12.4 Å². The minimum absolute atomic E-state index is 0.321. The minimum Gasteiger partial charge on any atom is -0.381 e. The third kappa shape index (κ3) is 8.31. The third-order valence-corrected chi connectivity index (χ3v) is 2.44. The fraction of sp³-hybridized carbons (Fsp3) is 1.00. The highest BCUT2D eigenvalue weighted by Gasteiger charge is 2.01. The van der Waals surface area contributed by atoms with Crippen LogP contribution < -0.4 is 0 Å². The van der Waals surface area contributed by atoms with Crippen molar-refractivity contribution in [2.45, 2.75) is 6.92 Å². The van der Waals surface area contributed by atoms with E-state index in [0.717, 1.165) is 13.2 Å². The van der Waals surface area contributed by atoms with Crippen LogP contribution in [0.1, 0.15) is 6.92 Å². The molecule has 0 aliphatic heterocycles. The van der Waals surface area contributed by atoms with E-state index in [1.165, 1.54) is 5.75 Å². The average Bonchev–Trinajstić information content (AvgIpc) is 1.63. The SMILES string of the molecule is CCOCCS(C)(C)C. The Hall–Kier alpha value is 0.310. The van der Waals surface area contributed by atoms with Crippen molar-refractivity contribution in [2.24, 2.45) is 0 Å². The lowest BCUT2D eigenvalue weighted by molar-refractivity contribution is 0.164. The summed E-state index contributed by atoms with van der Waals surface area (Å²) < 4.78 is 5.23. The summed E-state index contributed by atoms with van der Waals surface area (Å²) in [5.74, 6) is 1.24. The van der Waals surface area contributed by atoms with Gasteiger partial charge in [-0.2, -0.15) is 0 Å². The largest absolute Gasteiger partial charge is 0.381 e. The molecule has 0 fully saturated rings. The summed E-state index contributed by atoms with van der Waals surface area (Å²) in [6.45, 7) is 3.84. The molecule has 0 heterocycles. The number of hydrogen-bond donors (Lipinski definition) is 0. The van der Waals surface area contributed by atoms with Crippen molar-refractivity contribution in [1.82, 2.24) is 0 Å². The molecule has 0 unspecified atom stereocenters. The summed E-state index contributed by atoms with van der Waals surface area (Å²) in [7, 11) is -0.321. The second kappa shape index (κ2) is 4.18. The Morgan fingerprint density at radius 1 is 1.22 bits per heavy atom. The molecule has 1 nitrogen and oxygen atoms in total. The van der Waals surface area contributed by atoms with Gasteiger partial charge in [-0.15, -0.1) is 0 Å². The molecule has 58 valence electrons. The minimum atomic E-state index is -0.321. The number of rotatable bonds is 4. The monoisotopic (exact) mass is 150 g/mol. The van der Waals surface area contributed by atoms with E-state index >= 15 is 0 Å². The molecule has 0 radical (unpaired) electrons. The molecule has 0 bridgehead atoms. The highest BCUT2D eigenvalue weighted by molar-refractivity contribution is 8.32. The van der Waals surface area contributed by atoms with Crippen LogP contribution in [0.3, 0.4) is 0 Å². The fourth-order valence-electron chi connectivity index (χ4n) is 0.453. The number of hydrogen-bond acceptors (Lipinski definition) is 1. The van der Waals surface area contributed by atoms with E-state index in [1.54, 1.807) is 0 Å². The molecule has 0 aromatic heterocycles. The van der Waals surface area contributed by atoms with E-state index in [2.05, 4.69) is 18.8 Å². The van der Waals surface area contributed by atoms with Gasteiger partial charge >= 0.3 is 0 Å². The molecular weight excluding hydrogens is 132 g/mol. The maximum atomic E-state index is 5.23. The van der Waals surface area contributed by atoms with E-state index < -0.39 is 0 Å². The summed E-state index contributed by atoms with van der Waals surface area (Å²) in [6, 6.07) is 0. The van der Waals surface area contributed by atoms with Gasteiger partial charge in [0.05, 0.1) is 6.61 Å². The molecule has 0 rings (SSSR count). The van der Waals surface area contributed by atoms with Crippen LogP contribution in [0, 0.1) is 0 Å². The quantitative estimate of drug-likeness (QED) is 0.554. The van der Waals surface area contributed by atoms with Crippen molar-refractivity contribution in [3.8, 4) is 0 Å². The van der Waals surface area contributed by atoms with E-state index in [9.17, 15) is 0 Å². The van der Waals surface area contributed by atoms with Crippen molar-refractivity contribution < 1.29 is 4.74 Å². The fourth-order valence-corrected chi connectivity index (χ4v) is 1.07. The predicted molar refractivity (Wildman–Crippen MR) is 46.7 cm³/mol. The molecule has 0 N–H and O–H groups in total. The van der Waals surface area contributed by atoms with E-state index in [0.29, 0.717) is 0 Å². The van der Waals surface area contributed by atoms with Crippen LogP contribution in [-0.2, 0) is 4.74 Å². The van der Waals surface area contributed by atoms with Crippen LogP contribution in [0.5, 0.6) is 0 Å². The van der Waals surface area contributed by atoms with Gasteiger partial charge in [0.1, 0.15) is 0 Å². The lowest BCUT2D eigenvalue weighted by atomic mass is 10.8. The van der Waals surface area contributed by atoms with Crippen LogP contribution in [0.4, 0.5) is 0 Å². The zero-order chi connectivity index (χ0) is 7.33. The van der Waals surface area contributed by atoms with Crippen molar-refractivity contribution >= 4 is 10.0 Å². The van der Waals surface area contributed by atoms with Crippen molar-refractivity contribution in [3.63, 3.8) is 0 Å². The van der Waals surface area contributed by atoms with Gasteiger partial charge in [0.15, 0.2) is 0 Å². The zero-order valence-electron chi connectivity index (χ0n) is 6.94. The Bertz CT molecular complexity index is 65.8. The highest BCUT2D eigenvalue weighted by Crippen LogP contribution is 2.33. The van der Waals surface area contributed by atoms with Gasteiger partial charge in [0.25, 0.3) is 0 Å². The molecule has 9 heavy (non-hydrogen) atoms. The molecule has 0 aromatic rings. The normalized spacial score (nSPS) is 13.8. The summed E-state index contributed by atoms with van der Waals surface area (Å²) in [4.78, 5) is 0. The Labute approximate surface area is 60.1 Å². The molecule has 0 saturated heterocycles. The second-order valence-electron chi connectivity index (χ2n) is 2.99. The van der Waals surface area contributed by atoms with Gasteiger partial charge in [0.2, 0.25) is 0 Å². The predicted octanol–water partition coefficient (Wildman–Crippen LogP) is 1.72. The van der Waals surface area contributed by atoms with Crippen LogP contribution >= 0.6 is 10.0 Å².